The van der Waals surface area contributed by atoms with Crippen LogP contribution in [0.2, 0.25) is 6.04 Å². The lowest BCUT2D eigenvalue weighted by molar-refractivity contribution is 0.304. The van der Waals surface area contributed by atoms with E-state index in [1.54, 1.807) is 0 Å². The first kappa shape index (κ1) is 10.3. The van der Waals surface area contributed by atoms with E-state index in [2.05, 4.69) is 0 Å². The van der Waals surface area contributed by atoms with Gasteiger partial charge in [-0.1, -0.05) is 6.42 Å². The summed E-state index contributed by atoms with van der Waals surface area (Å²) in [5, 5.41) is 0. The average molecular weight is 184 g/mol. The van der Waals surface area contributed by atoms with Crippen LogP contribution in [0, 0.1) is 0 Å². The highest BCUT2D eigenvalue weighted by Gasteiger charge is 1.96. The minimum atomic E-state index is -3.13. The topological polar surface area (TPSA) is 66.8 Å². The third-order valence-electron chi connectivity index (χ3n) is 1.08. The molecular weight excluding hydrogens is 171 g/mol. The molecule has 2 N–H and O–H groups in total. The Morgan fingerprint density at radius 3 is 2.10 bits per heavy atom. The van der Waals surface area contributed by atoms with Crippen LogP contribution in [0.15, 0.2) is 0 Å². The lowest BCUT2D eigenvalue weighted by atomic mass is 10.4. The van der Waals surface area contributed by atoms with Gasteiger partial charge in [-0.2, -0.15) is 0 Å². The van der Waals surface area contributed by atoms with E-state index in [1.165, 1.54) is 18.9 Å². The van der Waals surface area contributed by atoms with Gasteiger partial charge >= 0.3 is 8.25 Å². The van der Waals surface area contributed by atoms with Crippen LogP contribution in [0.5, 0.6) is 0 Å². The minimum Gasteiger partial charge on any atom is -0.424 e. The van der Waals surface area contributed by atoms with Crippen LogP contribution in [-0.4, -0.2) is 26.2 Å². The van der Waals surface area contributed by atoms with Crippen molar-refractivity contribution in [1.29, 1.82) is 0 Å². The van der Waals surface area contributed by atoms with Crippen LogP contribution < -0.4 is 0 Å². The van der Waals surface area contributed by atoms with Crippen LogP contribution in [0.4, 0.5) is 0 Å². The van der Waals surface area contributed by atoms with E-state index in [4.69, 9.17) is 18.8 Å². The standard InChI is InChI=1S/C4H10OSi.H3O3P/c1-2-4-6-5-3-1;1-4(2)3/h1-4,6H2;4H,(H2,1,2,3). The van der Waals surface area contributed by atoms with Crippen molar-refractivity contribution in [1.82, 2.24) is 0 Å². The van der Waals surface area contributed by atoms with Crippen molar-refractivity contribution in [2.45, 2.75) is 18.9 Å². The summed E-state index contributed by atoms with van der Waals surface area (Å²) in [6, 6.07) is 1.42. The highest BCUT2D eigenvalue weighted by atomic mass is 31.1. The van der Waals surface area contributed by atoms with E-state index in [0.717, 1.165) is 6.61 Å². The molecule has 6 heteroatoms. The molecule has 62 valence electrons. The van der Waals surface area contributed by atoms with Gasteiger partial charge in [0.25, 0.3) is 0 Å². The van der Waals surface area contributed by atoms with Gasteiger partial charge in [-0.15, -0.1) is 0 Å². The molecule has 0 atom stereocenters. The second-order valence-electron chi connectivity index (χ2n) is 1.96. The summed E-state index contributed by atoms with van der Waals surface area (Å²) in [6.07, 6.45) is 2.75. The molecule has 1 aliphatic heterocycles. The minimum absolute atomic E-state index is 0.00849. The van der Waals surface area contributed by atoms with Gasteiger partial charge < -0.3 is 14.2 Å². The normalized spacial score (nSPS) is 20.3. The molecule has 10 heavy (non-hydrogen) atoms. The van der Waals surface area contributed by atoms with E-state index in [-0.39, 0.29) is 9.76 Å². The molecule has 0 amide bonds. The molecular formula is C4H13O4PSi. The molecule has 0 aliphatic carbocycles. The fourth-order valence-corrected chi connectivity index (χ4v) is 1.86. The summed E-state index contributed by atoms with van der Waals surface area (Å²) in [7, 11) is -3.12. The molecule has 4 nitrogen and oxygen atoms in total. The lowest BCUT2D eigenvalue weighted by Crippen LogP contribution is -2.06. The number of hydrogen-bond acceptors (Lipinski definition) is 2. The van der Waals surface area contributed by atoms with E-state index >= 15 is 0 Å². The smallest absolute Gasteiger partial charge is 0.314 e. The number of hydrogen-bond donors (Lipinski definition) is 2. The molecule has 0 bridgehead atoms. The Bertz CT molecular complexity index is 79.7. The van der Waals surface area contributed by atoms with Gasteiger partial charge in [-0.3, -0.25) is 4.57 Å². The summed E-state index contributed by atoms with van der Waals surface area (Å²) in [6.45, 7) is 1.06. The van der Waals surface area contributed by atoms with Gasteiger partial charge in [-0.05, 0) is 12.5 Å². The molecule has 0 aromatic rings. The highest BCUT2D eigenvalue weighted by Crippen LogP contribution is 2.01. The van der Waals surface area contributed by atoms with Crippen molar-refractivity contribution in [3.8, 4) is 0 Å². The van der Waals surface area contributed by atoms with Crippen molar-refractivity contribution >= 4 is 18.0 Å². The third-order valence-corrected chi connectivity index (χ3v) is 2.44. The highest BCUT2D eigenvalue weighted by molar-refractivity contribution is 7.30. The Kier molecular flexibility index (Phi) is 7.68. The molecule has 0 unspecified atom stereocenters. The SMILES string of the molecule is C1CC[SiH2]OC1.O=[PH](O)O. The lowest BCUT2D eigenvalue weighted by Gasteiger charge is -2.07. The van der Waals surface area contributed by atoms with Crippen molar-refractivity contribution < 1.29 is 18.8 Å². The summed E-state index contributed by atoms with van der Waals surface area (Å²) >= 11 is 0. The molecule has 1 aliphatic rings. The second-order valence-corrected chi connectivity index (χ2v) is 4.04. The monoisotopic (exact) mass is 184 g/mol. The van der Waals surface area contributed by atoms with Gasteiger partial charge in [0.2, 0.25) is 0 Å². The summed E-state index contributed by atoms with van der Waals surface area (Å²) in [5.41, 5.74) is 0. The van der Waals surface area contributed by atoms with Crippen molar-refractivity contribution in [3.05, 3.63) is 0 Å². The van der Waals surface area contributed by atoms with Crippen molar-refractivity contribution in [2.24, 2.45) is 0 Å². The zero-order valence-corrected chi connectivity index (χ0v) is 8.16. The van der Waals surface area contributed by atoms with Crippen LogP contribution in [0.25, 0.3) is 0 Å². The molecule has 0 saturated carbocycles. The summed E-state index contributed by atoms with van der Waals surface area (Å²) < 4.78 is 13.9. The molecule has 0 spiro atoms. The molecule has 0 aromatic heterocycles. The van der Waals surface area contributed by atoms with E-state index < -0.39 is 8.25 Å². The van der Waals surface area contributed by atoms with Gasteiger partial charge in [0.05, 0.1) is 0 Å². The van der Waals surface area contributed by atoms with E-state index in [9.17, 15) is 0 Å². The van der Waals surface area contributed by atoms with Crippen molar-refractivity contribution in [2.75, 3.05) is 6.61 Å². The zero-order chi connectivity index (χ0) is 7.82. The Hall–Kier alpha value is 0.327. The van der Waals surface area contributed by atoms with E-state index in [1.807, 2.05) is 0 Å². The third kappa shape index (κ3) is 11.2. The molecule has 0 aromatic carbocycles. The van der Waals surface area contributed by atoms with Crippen LogP contribution >= 0.6 is 8.25 Å². The quantitative estimate of drug-likeness (QED) is 0.399. The molecule has 1 heterocycles. The number of rotatable bonds is 0. The molecule has 0 radical (unpaired) electrons. The van der Waals surface area contributed by atoms with Crippen LogP contribution in [-0.2, 0) is 8.99 Å². The predicted molar refractivity (Wildman–Crippen MR) is 42.0 cm³/mol. The molecule has 1 rings (SSSR count). The predicted octanol–water partition coefficient (Wildman–Crippen LogP) is -0.340. The first-order valence-electron chi connectivity index (χ1n) is 3.23. The maximum Gasteiger partial charge on any atom is 0.314 e. The molecule has 1 saturated heterocycles. The van der Waals surface area contributed by atoms with Gasteiger partial charge in [0.1, 0.15) is 0 Å². The fraction of sp³-hybridized carbons (Fsp3) is 1.00. The Balaban J connectivity index is 0.000000180. The Labute approximate surface area is 63.1 Å². The van der Waals surface area contributed by atoms with Gasteiger partial charge in [0, 0.05) is 6.61 Å². The first-order valence-corrected chi connectivity index (χ1v) is 6.11. The maximum absolute atomic E-state index is 8.74. The average Bonchev–Trinajstić information content (AvgIpc) is 1.90. The largest absolute Gasteiger partial charge is 0.424 e. The summed E-state index contributed by atoms with van der Waals surface area (Å²) in [5.74, 6) is 0. The summed E-state index contributed by atoms with van der Waals surface area (Å²) in [4.78, 5) is 14.3. The van der Waals surface area contributed by atoms with Crippen LogP contribution in [0.3, 0.4) is 0 Å². The van der Waals surface area contributed by atoms with Gasteiger partial charge in [-0.25, -0.2) is 0 Å². The van der Waals surface area contributed by atoms with Crippen molar-refractivity contribution in [3.63, 3.8) is 0 Å². The maximum atomic E-state index is 8.74. The Morgan fingerprint density at radius 2 is 2.00 bits per heavy atom. The van der Waals surface area contributed by atoms with E-state index in [0.29, 0.717) is 0 Å². The Morgan fingerprint density at radius 1 is 1.40 bits per heavy atom. The fourth-order valence-electron chi connectivity index (χ4n) is 0.687. The van der Waals surface area contributed by atoms with Gasteiger partial charge in [0.15, 0.2) is 9.76 Å². The van der Waals surface area contributed by atoms with Crippen LogP contribution in [0.1, 0.15) is 12.8 Å². The first-order chi connectivity index (χ1) is 4.73. The molecule has 1 fully saturated rings. The zero-order valence-electron chi connectivity index (χ0n) is 5.75. The second kappa shape index (κ2) is 7.43.